The van der Waals surface area contributed by atoms with E-state index in [0.717, 1.165) is 24.9 Å². The Hall–Kier alpha value is -2.14. The summed E-state index contributed by atoms with van der Waals surface area (Å²) < 4.78 is 6.20. The van der Waals surface area contributed by atoms with Crippen LogP contribution in [0.4, 0.5) is 5.69 Å². The van der Waals surface area contributed by atoms with Gasteiger partial charge in [0.25, 0.3) is 0 Å². The van der Waals surface area contributed by atoms with Crippen LogP contribution in [0.15, 0.2) is 42.5 Å². The average Bonchev–Trinajstić information content (AvgIpc) is 3.30. The van der Waals surface area contributed by atoms with Crippen LogP contribution in [0.2, 0.25) is 0 Å². The Balaban J connectivity index is 1.47. The molecule has 1 N–H and O–H groups in total. The van der Waals surface area contributed by atoms with E-state index in [1.54, 1.807) is 4.90 Å². The maximum absolute atomic E-state index is 13.3. The van der Waals surface area contributed by atoms with Crippen molar-refractivity contribution in [1.82, 2.24) is 5.32 Å². The average molecular weight is 383 g/mol. The number of benzene rings is 1. The summed E-state index contributed by atoms with van der Waals surface area (Å²) in [6.45, 7) is 6.95. The topological polar surface area (TPSA) is 58.6 Å². The first kappa shape index (κ1) is 19.2. The summed E-state index contributed by atoms with van der Waals surface area (Å²) in [5.74, 6) is -0.275. The lowest BCUT2D eigenvalue weighted by atomic mass is 9.76. The van der Waals surface area contributed by atoms with Gasteiger partial charge in [0.05, 0.1) is 24.5 Å². The third-order valence-electron chi connectivity index (χ3n) is 6.28. The van der Waals surface area contributed by atoms with Crippen molar-refractivity contribution in [2.75, 3.05) is 11.4 Å². The second-order valence-corrected chi connectivity index (χ2v) is 8.89. The van der Waals surface area contributed by atoms with Crippen LogP contribution in [0.5, 0.6) is 0 Å². The molecule has 1 aromatic rings. The number of ether oxygens (including phenoxy) is 1. The van der Waals surface area contributed by atoms with E-state index in [-0.39, 0.29) is 24.0 Å². The van der Waals surface area contributed by atoms with Gasteiger partial charge in [-0.05, 0) is 31.4 Å². The normalized spacial score (nSPS) is 31.5. The summed E-state index contributed by atoms with van der Waals surface area (Å²) in [5, 5.41) is 3.14. The van der Waals surface area contributed by atoms with E-state index in [1.807, 2.05) is 49.4 Å². The van der Waals surface area contributed by atoms with Crippen molar-refractivity contribution in [3.05, 3.63) is 42.5 Å². The highest BCUT2D eigenvalue weighted by atomic mass is 16.5. The minimum absolute atomic E-state index is 0.00865. The van der Waals surface area contributed by atoms with Gasteiger partial charge in [-0.3, -0.25) is 9.59 Å². The second kappa shape index (κ2) is 7.36. The standard InChI is InChI=1S/C23H30N2O3/c1-15(2)8-7-9-16(3)24-21(26)19-18-12-13-23(28-18)14-25(22(27)20(19)23)17-10-5-4-6-11-17/h4-6,10-13,15-16,18-20H,7-9,14H2,1-3H3,(H,24,26)/t16?,18-,19?,20?,23?/m1/s1. The van der Waals surface area contributed by atoms with Crippen molar-refractivity contribution in [1.29, 1.82) is 0 Å². The van der Waals surface area contributed by atoms with E-state index < -0.39 is 17.4 Å². The number of hydrogen-bond acceptors (Lipinski definition) is 3. The monoisotopic (exact) mass is 382 g/mol. The Morgan fingerprint density at radius 1 is 1.25 bits per heavy atom. The summed E-state index contributed by atoms with van der Waals surface area (Å²) in [6, 6.07) is 9.74. The van der Waals surface area contributed by atoms with Crippen molar-refractivity contribution < 1.29 is 14.3 Å². The van der Waals surface area contributed by atoms with Crippen LogP contribution in [0.3, 0.4) is 0 Å². The van der Waals surface area contributed by atoms with Gasteiger partial charge < -0.3 is 15.0 Å². The van der Waals surface area contributed by atoms with E-state index in [9.17, 15) is 9.59 Å². The Morgan fingerprint density at radius 3 is 2.71 bits per heavy atom. The zero-order valence-electron chi connectivity index (χ0n) is 16.9. The summed E-state index contributed by atoms with van der Waals surface area (Å²) in [5.41, 5.74) is 0.193. The minimum atomic E-state index is -0.666. The van der Waals surface area contributed by atoms with Crippen molar-refractivity contribution >= 4 is 17.5 Å². The van der Waals surface area contributed by atoms with Crippen LogP contribution in [-0.4, -0.2) is 36.1 Å². The van der Waals surface area contributed by atoms with Gasteiger partial charge in [-0.15, -0.1) is 0 Å². The number of rotatable bonds is 7. The molecule has 150 valence electrons. The highest BCUT2D eigenvalue weighted by Crippen LogP contribution is 2.52. The smallest absolute Gasteiger partial charge is 0.234 e. The predicted octanol–water partition coefficient (Wildman–Crippen LogP) is 3.30. The van der Waals surface area contributed by atoms with Gasteiger partial charge in [-0.25, -0.2) is 0 Å². The van der Waals surface area contributed by atoms with E-state index in [2.05, 4.69) is 19.2 Å². The number of carbonyl (C=O) groups excluding carboxylic acids is 2. The molecular weight excluding hydrogens is 352 g/mol. The third kappa shape index (κ3) is 3.26. The van der Waals surface area contributed by atoms with Crippen LogP contribution in [-0.2, 0) is 14.3 Å². The fraction of sp³-hybridized carbons (Fsp3) is 0.565. The number of amides is 2. The van der Waals surface area contributed by atoms with Crippen LogP contribution in [0.1, 0.15) is 40.0 Å². The van der Waals surface area contributed by atoms with E-state index in [1.165, 1.54) is 0 Å². The number of carbonyl (C=O) groups is 2. The van der Waals surface area contributed by atoms with Gasteiger partial charge in [0, 0.05) is 11.7 Å². The van der Waals surface area contributed by atoms with Gasteiger partial charge in [-0.2, -0.15) is 0 Å². The van der Waals surface area contributed by atoms with Crippen LogP contribution in [0.25, 0.3) is 0 Å². The molecule has 5 heteroatoms. The number of nitrogens with one attached hydrogen (secondary N) is 1. The maximum atomic E-state index is 13.3. The molecular formula is C23H30N2O3. The first-order chi connectivity index (χ1) is 13.4. The molecule has 5 nitrogen and oxygen atoms in total. The van der Waals surface area contributed by atoms with E-state index in [0.29, 0.717) is 12.5 Å². The van der Waals surface area contributed by atoms with Crippen LogP contribution < -0.4 is 10.2 Å². The summed E-state index contributed by atoms with van der Waals surface area (Å²) in [6.07, 6.45) is 6.88. The summed E-state index contributed by atoms with van der Waals surface area (Å²) in [4.78, 5) is 28.1. The lowest BCUT2D eigenvalue weighted by molar-refractivity contribution is -0.132. The molecule has 2 amide bonds. The predicted molar refractivity (Wildman–Crippen MR) is 109 cm³/mol. The highest BCUT2D eigenvalue weighted by Gasteiger charge is 2.67. The maximum Gasteiger partial charge on any atom is 0.234 e. The molecule has 0 aliphatic carbocycles. The van der Waals surface area contributed by atoms with Gasteiger partial charge in [0.2, 0.25) is 11.8 Å². The van der Waals surface area contributed by atoms with Gasteiger partial charge in [0.1, 0.15) is 5.60 Å². The van der Waals surface area contributed by atoms with Crippen molar-refractivity contribution in [2.24, 2.45) is 17.8 Å². The van der Waals surface area contributed by atoms with Crippen LogP contribution >= 0.6 is 0 Å². The van der Waals surface area contributed by atoms with Gasteiger partial charge >= 0.3 is 0 Å². The SMILES string of the molecule is CC(C)CCCC(C)NC(=O)C1C2C(=O)N(c3ccccc3)CC23C=C[C@H]1O3. The summed E-state index contributed by atoms with van der Waals surface area (Å²) >= 11 is 0. The van der Waals surface area contributed by atoms with Crippen molar-refractivity contribution in [2.45, 2.75) is 57.8 Å². The molecule has 2 bridgehead atoms. The Morgan fingerprint density at radius 2 is 2.00 bits per heavy atom. The quantitative estimate of drug-likeness (QED) is 0.736. The fourth-order valence-electron chi connectivity index (χ4n) is 4.87. The van der Waals surface area contributed by atoms with Crippen molar-refractivity contribution in [3.63, 3.8) is 0 Å². The largest absolute Gasteiger partial charge is 0.360 e. The Labute approximate surface area is 167 Å². The van der Waals surface area contributed by atoms with E-state index >= 15 is 0 Å². The molecule has 28 heavy (non-hydrogen) atoms. The zero-order chi connectivity index (χ0) is 19.9. The Bertz CT molecular complexity index is 775. The van der Waals surface area contributed by atoms with Crippen LogP contribution in [0, 0.1) is 17.8 Å². The molecule has 4 unspecified atom stereocenters. The lowest BCUT2D eigenvalue weighted by Gasteiger charge is -2.25. The number of fused-ring (bicyclic) bond motifs is 1. The first-order valence-electron chi connectivity index (χ1n) is 10.5. The molecule has 2 saturated heterocycles. The molecule has 5 atom stereocenters. The van der Waals surface area contributed by atoms with Crippen molar-refractivity contribution in [3.8, 4) is 0 Å². The minimum Gasteiger partial charge on any atom is -0.360 e. The second-order valence-electron chi connectivity index (χ2n) is 8.89. The fourth-order valence-corrected chi connectivity index (χ4v) is 4.87. The molecule has 0 aromatic heterocycles. The highest BCUT2D eigenvalue weighted by molar-refractivity contribution is 6.03. The first-order valence-corrected chi connectivity index (χ1v) is 10.5. The molecule has 1 aromatic carbocycles. The molecule has 1 spiro atoms. The molecule has 0 saturated carbocycles. The van der Waals surface area contributed by atoms with E-state index in [4.69, 9.17) is 4.74 Å². The third-order valence-corrected chi connectivity index (χ3v) is 6.28. The van der Waals surface area contributed by atoms with Gasteiger partial charge in [-0.1, -0.05) is 57.0 Å². The molecule has 3 aliphatic heterocycles. The zero-order valence-corrected chi connectivity index (χ0v) is 16.9. The molecule has 3 aliphatic rings. The Kier molecular flexibility index (Phi) is 5.04. The lowest BCUT2D eigenvalue weighted by Crippen LogP contribution is -2.46. The number of nitrogens with zero attached hydrogens (tertiary/aromatic N) is 1. The molecule has 4 rings (SSSR count). The molecule has 2 fully saturated rings. The summed E-state index contributed by atoms with van der Waals surface area (Å²) in [7, 11) is 0. The van der Waals surface area contributed by atoms with Gasteiger partial charge in [0.15, 0.2) is 0 Å². The molecule has 3 heterocycles. The number of hydrogen-bond donors (Lipinski definition) is 1. The molecule has 0 radical (unpaired) electrons. The number of para-hydroxylation sites is 1. The number of anilines is 1.